The van der Waals surface area contributed by atoms with Crippen molar-refractivity contribution in [2.75, 3.05) is 11.9 Å². The molecule has 5 aromatic rings. The highest BCUT2D eigenvalue weighted by atomic mass is 16.6. The van der Waals surface area contributed by atoms with Crippen molar-refractivity contribution in [3.05, 3.63) is 85.7 Å². The first-order chi connectivity index (χ1) is 22.3. The zero-order valence-electron chi connectivity index (χ0n) is 24.8. The molecule has 0 unspecified atom stereocenters. The first-order valence-corrected chi connectivity index (χ1v) is 15.0. The van der Waals surface area contributed by atoms with Gasteiger partial charge in [-0.3, -0.25) is 19.7 Å². The number of nitrogens with one attached hydrogen (secondary N) is 1. The van der Waals surface area contributed by atoms with Crippen molar-refractivity contribution in [3.63, 3.8) is 0 Å². The first-order valence-electron chi connectivity index (χ1n) is 15.0. The third-order valence-electron chi connectivity index (χ3n) is 8.64. The van der Waals surface area contributed by atoms with Crippen molar-refractivity contribution in [3.8, 4) is 11.4 Å². The topological polar surface area (TPSA) is 182 Å². The van der Waals surface area contributed by atoms with Crippen LogP contribution in [0.2, 0.25) is 0 Å². The summed E-state index contributed by atoms with van der Waals surface area (Å²) < 4.78 is 17.7. The maximum atomic E-state index is 13.7. The number of rotatable bonds is 10. The zero-order valence-corrected chi connectivity index (χ0v) is 24.8. The molecule has 0 bridgehead atoms. The van der Waals surface area contributed by atoms with Crippen molar-refractivity contribution < 1.29 is 28.6 Å². The van der Waals surface area contributed by atoms with E-state index in [-0.39, 0.29) is 41.7 Å². The number of benzene rings is 2. The number of cyclic esters (lactones) is 1. The Kier molecular flexibility index (Phi) is 7.18. The number of esters is 2. The molecule has 2 aliphatic heterocycles. The Morgan fingerprint density at radius 3 is 2.76 bits per heavy atom. The zero-order chi connectivity index (χ0) is 32.0. The summed E-state index contributed by atoms with van der Waals surface area (Å²) in [6.45, 7) is 2.38. The van der Waals surface area contributed by atoms with Crippen molar-refractivity contribution in [2.24, 2.45) is 0 Å². The molecule has 2 aliphatic rings. The molecule has 3 aromatic heterocycles. The van der Waals surface area contributed by atoms with Crippen LogP contribution in [0.4, 0.5) is 11.4 Å². The lowest BCUT2D eigenvalue weighted by atomic mass is 9.85. The molecule has 0 radical (unpaired) electrons. The number of ether oxygens (including phenoxy) is 2. The molecule has 1 atom stereocenters. The van der Waals surface area contributed by atoms with Crippen LogP contribution in [0.25, 0.3) is 33.3 Å². The quantitative estimate of drug-likeness (QED) is 0.0957. The number of non-ortho nitro benzene ring substituents is 1. The highest BCUT2D eigenvalue weighted by Crippen LogP contribution is 2.41. The molecule has 0 aliphatic carbocycles. The third kappa shape index (κ3) is 4.73. The molecule has 7 rings (SSSR count). The number of para-hydroxylation sites is 1. The van der Waals surface area contributed by atoms with Crippen LogP contribution in [0.3, 0.4) is 0 Å². The lowest BCUT2D eigenvalue weighted by molar-refractivity contribution is -0.383. The smallest absolute Gasteiger partial charge is 0.355 e. The maximum absolute atomic E-state index is 13.7. The lowest BCUT2D eigenvalue weighted by Gasteiger charge is -2.35. The summed E-state index contributed by atoms with van der Waals surface area (Å²) >= 11 is 0. The van der Waals surface area contributed by atoms with E-state index in [1.807, 2.05) is 30.3 Å². The van der Waals surface area contributed by atoms with Crippen molar-refractivity contribution in [1.29, 1.82) is 0 Å². The fraction of sp³-hybridized carbons (Fsp3) is 0.312. The molecule has 14 heteroatoms. The number of nitrogens with zero attached hydrogens (tertiary/aromatic N) is 5. The highest BCUT2D eigenvalue weighted by Gasteiger charge is 2.50. The van der Waals surface area contributed by atoms with Crippen LogP contribution in [-0.2, 0) is 37.8 Å². The number of nitro benzene ring substituents is 1. The highest BCUT2D eigenvalue weighted by molar-refractivity contribution is 5.93. The average Bonchev–Trinajstić information content (AvgIpc) is 3.68. The summed E-state index contributed by atoms with van der Waals surface area (Å²) in [6, 6.07) is 14.4. The molecule has 14 nitrogen and oxygen atoms in total. The van der Waals surface area contributed by atoms with Crippen LogP contribution in [0.15, 0.2) is 58.0 Å². The number of anilines is 1. The van der Waals surface area contributed by atoms with Gasteiger partial charge in [-0.05, 0) is 53.8 Å². The van der Waals surface area contributed by atoms with Crippen LogP contribution in [0, 0.1) is 10.1 Å². The van der Waals surface area contributed by atoms with Gasteiger partial charge in [0.2, 0.25) is 11.1 Å². The minimum Gasteiger partial charge on any atom is -0.457 e. The third-order valence-corrected chi connectivity index (χ3v) is 8.64. The lowest BCUT2D eigenvalue weighted by Crippen LogP contribution is -2.47. The summed E-state index contributed by atoms with van der Waals surface area (Å²) in [5, 5.41) is 22.7. The van der Waals surface area contributed by atoms with Gasteiger partial charge in [0, 0.05) is 35.5 Å². The molecule has 0 saturated heterocycles. The first kappa shape index (κ1) is 29.1. The number of nitro groups is 1. The monoisotopic (exact) mass is 624 g/mol. The van der Waals surface area contributed by atoms with Gasteiger partial charge >= 0.3 is 17.6 Å². The predicted molar refractivity (Wildman–Crippen MR) is 164 cm³/mol. The number of carbonyl (C=O) groups is 2. The minimum absolute atomic E-state index is 0.0552. The van der Waals surface area contributed by atoms with E-state index in [0.29, 0.717) is 60.6 Å². The number of aromatic nitrogens is 4. The van der Waals surface area contributed by atoms with E-state index in [4.69, 9.17) is 14.5 Å². The standard InChI is InChI=1S/C32H28N6O8/c1-2-32(45-26(39)10-4-3-7-13-33-23-11-12-24(38(42)43)29-28(23)35-46-36-29)21-15-25-27-19(14-18-8-5-6-9-22(18)34-27)16-37(25)30(40)20(21)17-44-31(32)41/h5-6,8-9,11-12,14-15,33H,2-4,7,10,13,16-17H2,1H3/t32-/m0/s1. The largest absolute Gasteiger partial charge is 0.457 e. The minimum atomic E-state index is -1.74. The van der Waals surface area contributed by atoms with E-state index in [9.17, 15) is 24.5 Å². The van der Waals surface area contributed by atoms with Gasteiger partial charge in [0.1, 0.15) is 6.61 Å². The molecule has 5 heterocycles. The average molecular weight is 625 g/mol. The van der Waals surface area contributed by atoms with Gasteiger partial charge < -0.3 is 19.4 Å². The van der Waals surface area contributed by atoms with Gasteiger partial charge in [0.15, 0.2) is 5.52 Å². The van der Waals surface area contributed by atoms with Crippen LogP contribution in [0.5, 0.6) is 0 Å². The number of fused-ring (bicyclic) bond motifs is 6. The van der Waals surface area contributed by atoms with E-state index in [0.717, 1.165) is 16.5 Å². The number of unbranched alkanes of at least 4 members (excludes halogenated alkanes) is 2. The van der Waals surface area contributed by atoms with Gasteiger partial charge in [0.05, 0.1) is 39.6 Å². The number of hydrogen-bond acceptors (Lipinski definition) is 12. The van der Waals surface area contributed by atoms with Crippen molar-refractivity contribution in [1.82, 2.24) is 19.9 Å². The molecule has 46 heavy (non-hydrogen) atoms. The van der Waals surface area contributed by atoms with Gasteiger partial charge in [-0.2, -0.15) is 0 Å². The van der Waals surface area contributed by atoms with E-state index >= 15 is 0 Å². The Morgan fingerprint density at radius 1 is 1.11 bits per heavy atom. The second kappa shape index (κ2) is 11.4. The van der Waals surface area contributed by atoms with Gasteiger partial charge in [-0.25, -0.2) is 14.4 Å². The Morgan fingerprint density at radius 2 is 1.93 bits per heavy atom. The summed E-state index contributed by atoms with van der Waals surface area (Å²) in [5.74, 6) is -1.28. The maximum Gasteiger partial charge on any atom is 0.355 e. The second-order valence-electron chi connectivity index (χ2n) is 11.3. The number of pyridine rings is 2. The van der Waals surface area contributed by atoms with E-state index in [1.165, 1.54) is 6.07 Å². The van der Waals surface area contributed by atoms with E-state index in [2.05, 4.69) is 20.3 Å². The number of carbonyl (C=O) groups excluding carboxylic acids is 2. The molecule has 0 spiro atoms. The van der Waals surface area contributed by atoms with Crippen LogP contribution < -0.4 is 10.9 Å². The van der Waals surface area contributed by atoms with Gasteiger partial charge in [0.25, 0.3) is 5.56 Å². The number of hydrogen-bond donors (Lipinski definition) is 1. The molecular weight excluding hydrogens is 596 g/mol. The molecular formula is C32H28N6O8. The van der Waals surface area contributed by atoms with E-state index in [1.54, 1.807) is 23.6 Å². The molecule has 234 valence electrons. The van der Waals surface area contributed by atoms with Gasteiger partial charge in [-0.1, -0.05) is 31.5 Å². The van der Waals surface area contributed by atoms with Gasteiger partial charge in [-0.15, -0.1) is 0 Å². The summed E-state index contributed by atoms with van der Waals surface area (Å²) in [7, 11) is 0. The Labute approximate surface area is 260 Å². The van der Waals surface area contributed by atoms with Crippen LogP contribution in [0.1, 0.15) is 55.7 Å². The SMILES string of the molecule is CC[C@@]1(OC(=O)CCCCCNc2ccc([N+](=O)[O-])c3nonc23)C(=O)OCc2c1cc1n(c2=O)Cc2cc3ccccc3nc2-1. The van der Waals surface area contributed by atoms with Crippen LogP contribution in [-0.4, -0.2) is 43.3 Å². The molecule has 1 N–H and O–H groups in total. The molecule has 0 fully saturated rings. The normalized spacial score (nSPS) is 16.5. The predicted octanol–water partition coefficient (Wildman–Crippen LogP) is 4.75. The van der Waals surface area contributed by atoms with Crippen LogP contribution >= 0.6 is 0 Å². The Balaban J connectivity index is 1.04. The fourth-order valence-electron chi connectivity index (χ4n) is 6.27. The second-order valence-corrected chi connectivity index (χ2v) is 11.3. The van der Waals surface area contributed by atoms with Crippen molar-refractivity contribution in [2.45, 2.75) is 57.8 Å². The van der Waals surface area contributed by atoms with E-state index < -0.39 is 22.5 Å². The molecule has 0 amide bonds. The fourth-order valence-corrected chi connectivity index (χ4v) is 6.27. The summed E-state index contributed by atoms with van der Waals surface area (Å²) in [4.78, 5) is 55.6. The molecule has 2 aromatic carbocycles. The summed E-state index contributed by atoms with van der Waals surface area (Å²) in [6.07, 6.45) is 1.96. The Bertz CT molecular complexity index is 2120. The molecule has 0 saturated carbocycles. The Hall–Kier alpha value is -5.66. The van der Waals surface area contributed by atoms with Crippen molar-refractivity contribution >= 4 is 45.2 Å². The summed E-state index contributed by atoms with van der Waals surface area (Å²) in [5.41, 5.74) is 2.21.